The Kier molecular flexibility index (Phi) is 8.59. The number of hydrazone groups is 1. The fourth-order valence-corrected chi connectivity index (χ4v) is 6.76. The van der Waals surface area contributed by atoms with Crippen LogP contribution in [0.2, 0.25) is 0 Å². The molecule has 0 atom stereocenters. The molecule has 1 N–H and O–H groups in total. The van der Waals surface area contributed by atoms with E-state index < -0.39 is 15.9 Å². The fraction of sp³-hybridized carbons (Fsp3) is 0.143. The zero-order valence-corrected chi connectivity index (χ0v) is 25.5. The second-order valence-electron chi connectivity index (χ2n) is 10.5. The molecule has 0 aliphatic carbocycles. The van der Waals surface area contributed by atoms with Crippen LogP contribution in [-0.2, 0) is 16.6 Å². The Morgan fingerprint density at radius 2 is 1.42 bits per heavy atom. The number of aromatic nitrogens is 1. The number of hydrogen-bond donors (Lipinski definition) is 1. The number of carbonyl (C=O) groups is 1. The molecule has 0 saturated carbocycles. The summed E-state index contributed by atoms with van der Waals surface area (Å²) < 4.78 is 31.2. The summed E-state index contributed by atoms with van der Waals surface area (Å²) in [6, 6.07) is 32.6. The number of nitrogens with zero attached hydrogens (tertiary/aromatic N) is 3. The first kappa shape index (κ1) is 29.5. The molecule has 0 aliphatic heterocycles. The Labute approximate surface area is 253 Å². The van der Waals surface area contributed by atoms with Crippen molar-refractivity contribution in [3.8, 4) is 5.69 Å². The van der Waals surface area contributed by atoms with Crippen molar-refractivity contribution in [1.82, 2.24) is 9.99 Å². The molecule has 1 amide bonds. The third-order valence-electron chi connectivity index (χ3n) is 7.22. The first-order valence-electron chi connectivity index (χ1n) is 14.0. The van der Waals surface area contributed by atoms with Gasteiger partial charge in [0.15, 0.2) is 0 Å². The van der Waals surface area contributed by atoms with Crippen molar-refractivity contribution in [2.45, 2.75) is 39.1 Å². The molecule has 0 spiro atoms. The molecule has 0 radical (unpaired) electrons. The number of hydrogen-bond acceptors (Lipinski definition) is 4. The molecule has 43 heavy (non-hydrogen) atoms. The molecule has 5 rings (SSSR count). The van der Waals surface area contributed by atoms with Crippen LogP contribution in [0, 0.1) is 27.7 Å². The van der Waals surface area contributed by atoms with Gasteiger partial charge in [0, 0.05) is 22.6 Å². The van der Waals surface area contributed by atoms with Crippen LogP contribution in [0.4, 0.5) is 5.69 Å². The van der Waals surface area contributed by atoms with Gasteiger partial charge in [-0.05, 0) is 86.8 Å². The first-order chi connectivity index (χ1) is 20.6. The van der Waals surface area contributed by atoms with E-state index in [1.165, 1.54) is 15.4 Å². The van der Waals surface area contributed by atoms with Crippen LogP contribution in [0.25, 0.3) is 5.69 Å². The van der Waals surface area contributed by atoms with Crippen LogP contribution in [-0.4, -0.2) is 25.1 Å². The van der Waals surface area contributed by atoms with E-state index in [-0.39, 0.29) is 22.7 Å². The monoisotopic (exact) mass is 590 g/mol. The quantitative estimate of drug-likeness (QED) is 0.150. The summed E-state index contributed by atoms with van der Waals surface area (Å²) in [5.74, 6) is -0.517. The van der Waals surface area contributed by atoms with Crippen molar-refractivity contribution >= 4 is 27.8 Å². The van der Waals surface area contributed by atoms with Gasteiger partial charge < -0.3 is 4.57 Å². The summed E-state index contributed by atoms with van der Waals surface area (Å²) in [5.41, 5.74) is 10.2. The molecular formula is C35H34N4O3S. The minimum atomic E-state index is -4.00. The number of amides is 1. The van der Waals surface area contributed by atoms with Crippen molar-refractivity contribution in [3.63, 3.8) is 0 Å². The number of benzene rings is 4. The summed E-state index contributed by atoms with van der Waals surface area (Å²) in [6.07, 6.45) is 1.62. The lowest BCUT2D eigenvalue weighted by atomic mass is 10.1. The van der Waals surface area contributed by atoms with E-state index >= 15 is 0 Å². The summed E-state index contributed by atoms with van der Waals surface area (Å²) in [7, 11) is -4.00. The van der Waals surface area contributed by atoms with E-state index in [9.17, 15) is 13.2 Å². The van der Waals surface area contributed by atoms with Gasteiger partial charge >= 0.3 is 0 Å². The molecule has 0 unspecified atom stereocenters. The normalized spacial score (nSPS) is 11.5. The number of rotatable bonds is 9. The Morgan fingerprint density at radius 3 is 2.09 bits per heavy atom. The van der Waals surface area contributed by atoms with Gasteiger partial charge in [-0.3, -0.25) is 9.10 Å². The second-order valence-corrected chi connectivity index (χ2v) is 12.4. The first-order valence-corrected chi connectivity index (χ1v) is 15.4. The Hall–Kier alpha value is -4.95. The molecule has 0 fully saturated rings. The van der Waals surface area contributed by atoms with Crippen molar-refractivity contribution in [2.24, 2.45) is 5.10 Å². The third kappa shape index (κ3) is 6.44. The van der Waals surface area contributed by atoms with Gasteiger partial charge in [-0.2, -0.15) is 5.10 Å². The van der Waals surface area contributed by atoms with Gasteiger partial charge in [0.2, 0.25) is 0 Å². The van der Waals surface area contributed by atoms with Crippen molar-refractivity contribution < 1.29 is 13.2 Å². The summed E-state index contributed by atoms with van der Waals surface area (Å²) >= 11 is 0. The van der Waals surface area contributed by atoms with Crippen LogP contribution in [0.1, 0.15) is 44.0 Å². The van der Waals surface area contributed by atoms with Gasteiger partial charge in [0.1, 0.15) is 0 Å². The molecule has 0 bridgehead atoms. The van der Waals surface area contributed by atoms with E-state index in [4.69, 9.17) is 0 Å². The third-order valence-corrected chi connectivity index (χ3v) is 9.00. The summed E-state index contributed by atoms with van der Waals surface area (Å²) in [6.45, 7) is 8.25. The van der Waals surface area contributed by atoms with E-state index in [0.717, 1.165) is 28.2 Å². The van der Waals surface area contributed by atoms with Gasteiger partial charge in [-0.1, -0.05) is 66.7 Å². The highest BCUT2D eigenvalue weighted by atomic mass is 32.2. The van der Waals surface area contributed by atoms with Crippen molar-refractivity contribution in [3.05, 3.63) is 148 Å². The zero-order valence-electron chi connectivity index (χ0n) is 24.7. The number of nitrogens with one attached hydrogen (secondary N) is 1. The molecule has 1 heterocycles. The van der Waals surface area contributed by atoms with Gasteiger partial charge in [-0.25, -0.2) is 13.8 Å². The van der Waals surface area contributed by atoms with Gasteiger partial charge in [-0.15, -0.1) is 0 Å². The van der Waals surface area contributed by atoms with E-state index in [0.29, 0.717) is 0 Å². The molecule has 8 heteroatoms. The minimum absolute atomic E-state index is 0.0516. The molecule has 5 aromatic rings. The second kappa shape index (κ2) is 12.5. The standard InChI is InChI=1S/C35H34N4O3S/c1-25-19-26(2)21-31(20-25)39-27(3)22-30(28(39)4)23-36-37-35(40)33-17-11-12-18-34(33)38(24-29-13-7-5-8-14-29)43(41,42)32-15-9-6-10-16-32/h5-23H,24H2,1-4H3,(H,37,40). The highest BCUT2D eigenvalue weighted by molar-refractivity contribution is 7.92. The van der Waals surface area contributed by atoms with E-state index in [2.05, 4.69) is 47.1 Å². The molecule has 0 aliphatic rings. The van der Waals surface area contributed by atoms with Crippen LogP contribution >= 0.6 is 0 Å². The zero-order chi connectivity index (χ0) is 30.6. The largest absolute Gasteiger partial charge is 0.318 e. The predicted molar refractivity (Wildman–Crippen MR) is 172 cm³/mol. The van der Waals surface area contributed by atoms with Crippen LogP contribution in [0.3, 0.4) is 0 Å². The maximum absolute atomic E-state index is 13.9. The van der Waals surface area contributed by atoms with Crippen LogP contribution in [0.15, 0.2) is 119 Å². The molecular weight excluding hydrogens is 556 g/mol. The molecule has 218 valence electrons. The Bertz CT molecular complexity index is 1880. The minimum Gasteiger partial charge on any atom is -0.318 e. The lowest BCUT2D eigenvalue weighted by Gasteiger charge is -2.26. The number of sulfonamides is 1. The molecule has 0 saturated heterocycles. The van der Waals surface area contributed by atoms with Crippen molar-refractivity contribution in [2.75, 3.05) is 4.31 Å². The smallest absolute Gasteiger partial charge is 0.273 e. The SMILES string of the molecule is Cc1cc(C)cc(-n2c(C)cc(C=NNC(=O)c3ccccc3N(Cc3ccccc3)S(=O)(=O)c3ccccc3)c2C)c1. The van der Waals surface area contributed by atoms with Crippen LogP contribution in [0.5, 0.6) is 0 Å². The van der Waals surface area contributed by atoms with Crippen molar-refractivity contribution in [1.29, 1.82) is 0 Å². The van der Waals surface area contributed by atoms with Gasteiger partial charge in [0.05, 0.1) is 28.9 Å². The lowest BCUT2D eigenvalue weighted by Crippen LogP contribution is -2.33. The highest BCUT2D eigenvalue weighted by Gasteiger charge is 2.28. The Morgan fingerprint density at radius 1 is 0.814 bits per heavy atom. The number of para-hydroxylation sites is 1. The highest BCUT2D eigenvalue weighted by Crippen LogP contribution is 2.29. The number of anilines is 1. The molecule has 4 aromatic carbocycles. The number of aryl methyl sites for hydroxylation is 3. The average Bonchev–Trinajstić information content (AvgIpc) is 3.28. The van der Waals surface area contributed by atoms with Gasteiger partial charge in [0.25, 0.3) is 15.9 Å². The van der Waals surface area contributed by atoms with E-state index in [1.807, 2.05) is 50.2 Å². The van der Waals surface area contributed by atoms with E-state index in [1.54, 1.807) is 60.8 Å². The lowest BCUT2D eigenvalue weighted by molar-refractivity contribution is 0.0955. The molecule has 1 aromatic heterocycles. The summed E-state index contributed by atoms with van der Waals surface area (Å²) in [4.78, 5) is 13.6. The topological polar surface area (TPSA) is 83.8 Å². The Balaban J connectivity index is 1.45. The maximum atomic E-state index is 13.9. The predicted octanol–water partition coefficient (Wildman–Crippen LogP) is 6.87. The number of carbonyl (C=O) groups excluding carboxylic acids is 1. The molecule has 7 nitrogen and oxygen atoms in total. The fourth-order valence-electron chi connectivity index (χ4n) is 5.27. The maximum Gasteiger partial charge on any atom is 0.273 e. The average molecular weight is 591 g/mol. The summed E-state index contributed by atoms with van der Waals surface area (Å²) in [5, 5.41) is 4.26. The van der Waals surface area contributed by atoms with Crippen LogP contribution < -0.4 is 9.73 Å².